The predicted octanol–water partition coefficient (Wildman–Crippen LogP) is 4.61. The van der Waals surface area contributed by atoms with Crippen molar-refractivity contribution in [2.24, 2.45) is 0 Å². The van der Waals surface area contributed by atoms with Crippen molar-refractivity contribution in [3.8, 4) is 0 Å². The van der Waals surface area contributed by atoms with Crippen LogP contribution in [0.2, 0.25) is 0 Å². The van der Waals surface area contributed by atoms with E-state index >= 15 is 0 Å². The third-order valence-electron chi connectivity index (χ3n) is 6.27. The number of nitrogens with zero attached hydrogens (tertiary/aromatic N) is 2. The molecule has 3 aromatic rings. The van der Waals surface area contributed by atoms with Crippen LogP contribution in [0.1, 0.15) is 18.1 Å². The van der Waals surface area contributed by atoms with E-state index in [9.17, 15) is 26.7 Å². The molecule has 1 N–H and O–H groups in total. The summed E-state index contributed by atoms with van der Waals surface area (Å²) >= 11 is 1.15. The van der Waals surface area contributed by atoms with Crippen molar-refractivity contribution in [2.45, 2.75) is 35.6 Å². The molecule has 0 spiro atoms. The zero-order valence-corrected chi connectivity index (χ0v) is 21.2. The summed E-state index contributed by atoms with van der Waals surface area (Å²) in [4.78, 5) is 1.94. The van der Waals surface area contributed by atoms with Crippen LogP contribution < -0.4 is 4.90 Å². The molecule has 0 radical (unpaired) electrons. The van der Waals surface area contributed by atoms with Crippen molar-refractivity contribution in [2.75, 3.05) is 31.1 Å². The van der Waals surface area contributed by atoms with Crippen molar-refractivity contribution in [3.05, 3.63) is 83.2 Å². The lowest BCUT2D eigenvalue weighted by Crippen LogP contribution is -2.56. The Morgan fingerprint density at radius 3 is 2.33 bits per heavy atom. The quantitative estimate of drug-likeness (QED) is 0.452. The van der Waals surface area contributed by atoms with Crippen molar-refractivity contribution in [1.82, 2.24) is 4.31 Å². The maximum Gasteiger partial charge on any atom is 0.421 e. The molecule has 1 aliphatic rings. The van der Waals surface area contributed by atoms with Gasteiger partial charge in [-0.25, -0.2) is 8.42 Å². The Hall–Kier alpha value is -2.44. The van der Waals surface area contributed by atoms with Crippen LogP contribution in [-0.2, 0) is 27.0 Å². The summed E-state index contributed by atoms with van der Waals surface area (Å²) in [6.07, 6.45) is -4.82. The van der Waals surface area contributed by atoms with E-state index in [2.05, 4.69) is 0 Å². The van der Waals surface area contributed by atoms with Gasteiger partial charge in [-0.2, -0.15) is 17.5 Å². The Morgan fingerprint density at radius 1 is 1.03 bits per heavy atom. The summed E-state index contributed by atoms with van der Waals surface area (Å²) in [7, 11) is -3.67. The second-order valence-corrected chi connectivity index (χ2v) is 11.9. The van der Waals surface area contributed by atoms with Crippen LogP contribution in [-0.4, -0.2) is 56.3 Å². The Labute approximate surface area is 212 Å². The molecule has 0 amide bonds. The Kier molecular flexibility index (Phi) is 7.77. The summed E-state index contributed by atoms with van der Waals surface area (Å²) in [6, 6.07) is 18.0. The number of sulfonamides is 1. The van der Waals surface area contributed by atoms with E-state index in [0.29, 0.717) is 18.8 Å². The van der Waals surface area contributed by atoms with E-state index in [4.69, 9.17) is 4.74 Å². The number of halogens is 3. The largest absolute Gasteiger partial charge is 0.421 e. The van der Waals surface area contributed by atoms with Gasteiger partial charge in [0, 0.05) is 25.3 Å². The van der Waals surface area contributed by atoms with Crippen LogP contribution in [0.5, 0.6) is 0 Å². The molecular weight excluding hydrogens is 513 g/mol. The highest BCUT2D eigenvalue weighted by atomic mass is 32.2. The first-order valence-corrected chi connectivity index (χ1v) is 13.6. The van der Waals surface area contributed by atoms with E-state index in [1.165, 1.54) is 28.6 Å². The average Bonchev–Trinajstić information content (AvgIpc) is 3.40. The van der Waals surface area contributed by atoms with Gasteiger partial charge in [0.1, 0.15) is 4.21 Å². The first-order chi connectivity index (χ1) is 17.0. The summed E-state index contributed by atoms with van der Waals surface area (Å²) < 4.78 is 73.6. The summed E-state index contributed by atoms with van der Waals surface area (Å²) in [5, 5.41) is 11.7. The van der Waals surface area contributed by atoms with E-state index in [1.54, 1.807) is 17.5 Å². The molecule has 2 heterocycles. The normalized spacial score (nSPS) is 19.2. The van der Waals surface area contributed by atoms with Crippen molar-refractivity contribution in [1.29, 1.82) is 0 Å². The number of aliphatic hydroxyl groups is 1. The summed E-state index contributed by atoms with van der Waals surface area (Å²) in [6.45, 7) is 1.99. The molecule has 1 aromatic heterocycles. The molecule has 0 unspecified atom stereocenters. The zero-order valence-electron chi connectivity index (χ0n) is 19.6. The van der Waals surface area contributed by atoms with Gasteiger partial charge in [-0.15, -0.1) is 11.3 Å². The number of thiophene rings is 1. The highest BCUT2D eigenvalue weighted by Gasteiger charge is 2.51. The molecule has 0 saturated carbocycles. The fraction of sp³-hybridized carbons (Fsp3) is 0.360. The number of piperazine rings is 1. The average molecular weight is 541 g/mol. The number of rotatable bonds is 8. The topological polar surface area (TPSA) is 70.1 Å². The van der Waals surface area contributed by atoms with Gasteiger partial charge >= 0.3 is 6.18 Å². The number of hydrogen-bond acceptors (Lipinski definition) is 6. The monoisotopic (exact) mass is 540 g/mol. The van der Waals surface area contributed by atoms with Crippen LogP contribution in [0, 0.1) is 0 Å². The third kappa shape index (κ3) is 5.60. The third-order valence-corrected chi connectivity index (χ3v) is 9.51. The van der Waals surface area contributed by atoms with Gasteiger partial charge in [-0.3, -0.25) is 0 Å². The van der Waals surface area contributed by atoms with Gasteiger partial charge in [0.25, 0.3) is 10.0 Å². The van der Waals surface area contributed by atoms with Crippen molar-refractivity contribution < 1.29 is 31.4 Å². The first kappa shape index (κ1) is 26.6. The molecule has 1 aliphatic heterocycles. The molecule has 2 aromatic carbocycles. The molecule has 1 saturated heterocycles. The number of anilines is 1. The molecule has 4 rings (SSSR count). The minimum Gasteiger partial charge on any atom is -0.376 e. The Balaban J connectivity index is 1.55. The lowest BCUT2D eigenvalue weighted by molar-refractivity contribution is -0.258. The molecule has 2 atom stereocenters. The zero-order chi connectivity index (χ0) is 26.0. The predicted molar refractivity (Wildman–Crippen MR) is 132 cm³/mol. The lowest BCUT2D eigenvalue weighted by Gasteiger charge is -2.42. The van der Waals surface area contributed by atoms with Gasteiger partial charge in [0.2, 0.25) is 0 Å². The van der Waals surface area contributed by atoms with E-state index in [-0.39, 0.29) is 35.5 Å². The number of benzene rings is 2. The minimum absolute atomic E-state index is 0.164. The SMILES string of the molecule is C[C@@](O)(c1ccc(N2CCN(S(=O)(=O)c3cccs3)C[C@H]2COCc2ccccc2)cc1)C(F)(F)F. The Bertz CT molecular complexity index is 1230. The second-order valence-electron chi connectivity index (χ2n) is 8.76. The van der Waals surface area contributed by atoms with Gasteiger partial charge in [0.05, 0.1) is 19.3 Å². The van der Waals surface area contributed by atoms with E-state index in [0.717, 1.165) is 23.8 Å². The molecule has 11 heteroatoms. The fourth-order valence-corrected chi connectivity index (χ4v) is 6.71. The van der Waals surface area contributed by atoms with Crippen LogP contribution >= 0.6 is 11.3 Å². The van der Waals surface area contributed by atoms with Gasteiger partial charge in [-0.05, 0) is 41.6 Å². The van der Waals surface area contributed by atoms with Gasteiger partial charge < -0.3 is 14.7 Å². The molecule has 1 fully saturated rings. The highest BCUT2D eigenvalue weighted by molar-refractivity contribution is 7.91. The second kappa shape index (κ2) is 10.5. The highest BCUT2D eigenvalue weighted by Crippen LogP contribution is 2.39. The summed E-state index contributed by atoms with van der Waals surface area (Å²) in [5.41, 5.74) is -1.65. The molecule has 0 bridgehead atoms. The van der Waals surface area contributed by atoms with Gasteiger partial charge in [0.15, 0.2) is 5.60 Å². The number of alkyl halides is 3. The number of ether oxygens (including phenoxy) is 1. The fourth-order valence-electron chi connectivity index (χ4n) is 4.09. The molecular formula is C25H27F3N2O4S2. The number of hydrogen-bond donors (Lipinski definition) is 1. The Morgan fingerprint density at radius 2 is 1.72 bits per heavy atom. The van der Waals surface area contributed by atoms with E-state index < -0.39 is 21.8 Å². The van der Waals surface area contributed by atoms with Crippen molar-refractivity contribution in [3.63, 3.8) is 0 Å². The van der Waals surface area contributed by atoms with E-state index in [1.807, 2.05) is 35.2 Å². The summed E-state index contributed by atoms with van der Waals surface area (Å²) in [5.74, 6) is 0. The lowest BCUT2D eigenvalue weighted by atomic mass is 9.95. The van der Waals surface area contributed by atoms with Crippen LogP contribution in [0.4, 0.5) is 18.9 Å². The van der Waals surface area contributed by atoms with Crippen LogP contribution in [0.15, 0.2) is 76.3 Å². The van der Waals surface area contributed by atoms with Gasteiger partial charge in [-0.1, -0.05) is 48.5 Å². The standard InChI is InChI=1S/C25H27F3N2O4S2/c1-24(31,25(26,27)28)20-9-11-21(12-10-20)30-14-13-29(36(32,33)23-8-5-15-35-23)16-22(30)18-34-17-19-6-3-2-4-7-19/h2-12,15,22,31H,13-14,16-18H2,1H3/t22-,24+/m0/s1. The smallest absolute Gasteiger partial charge is 0.376 e. The van der Waals surface area contributed by atoms with Crippen LogP contribution in [0.3, 0.4) is 0 Å². The molecule has 0 aliphatic carbocycles. The molecule has 194 valence electrons. The maximum atomic E-state index is 13.2. The molecule has 6 nitrogen and oxygen atoms in total. The van der Waals surface area contributed by atoms with Crippen LogP contribution in [0.25, 0.3) is 0 Å². The maximum absolute atomic E-state index is 13.2. The molecule has 36 heavy (non-hydrogen) atoms. The minimum atomic E-state index is -4.82. The first-order valence-electron chi connectivity index (χ1n) is 11.3. The van der Waals surface area contributed by atoms with Crippen molar-refractivity contribution >= 4 is 27.0 Å².